The Morgan fingerprint density at radius 3 is 3.00 bits per heavy atom. The summed E-state index contributed by atoms with van der Waals surface area (Å²) in [6, 6.07) is 3.93. The van der Waals surface area contributed by atoms with Gasteiger partial charge < -0.3 is 14.4 Å². The predicted octanol–water partition coefficient (Wildman–Crippen LogP) is 1.48. The normalized spacial score (nSPS) is 17.5. The van der Waals surface area contributed by atoms with Crippen molar-refractivity contribution in [1.29, 1.82) is 0 Å². The van der Waals surface area contributed by atoms with Gasteiger partial charge in [-0.3, -0.25) is 9.78 Å². The van der Waals surface area contributed by atoms with Crippen LogP contribution in [0.25, 0.3) is 0 Å². The fourth-order valence-corrected chi connectivity index (χ4v) is 2.83. The largest absolute Gasteiger partial charge is 0.461 e. The average molecular weight is 393 g/mol. The third-order valence-electron chi connectivity index (χ3n) is 3.55. The van der Waals surface area contributed by atoms with Gasteiger partial charge in [0.2, 0.25) is 5.91 Å². The number of hydrogen-bond donors (Lipinski definition) is 0. The van der Waals surface area contributed by atoms with Gasteiger partial charge in [-0.2, -0.15) is 0 Å². The molecule has 1 aliphatic rings. The molecule has 2 aromatic heterocycles. The lowest BCUT2D eigenvalue weighted by atomic mass is 10.2. The summed E-state index contributed by atoms with van der Waals surface area (Å²) in [5.74, 6) is 0.0548. The van der Waals surface area contributed by atoms with E-state index in [9.17, 15) is 4.79 Å². The number of ether oxygens (including phenoxy) is 2. The quantitative estimate of drug-likeness (QED) is 0.766. The summed E-state index contributed by atoms with van der Waals surface area (Å²) >= 11 is 3.36. The van der Waals surface area contributed by atoms with Crippen molar-refractivity contribution in [1.82, 2.24) is 19.9 Å². The Balaban J connectivity index is 1.52. The van der Waals surface area contributed by atoms with Crippen LogP contribution in [-0.4, -0.2) is 58.2 Å². The number of aromatic nitrogens is 3. The summed E-state index contributed by atoms with van der Waals surface area (Å²) in [6.07, 6.45) is 6.77. The molecule has 1 aliphatic heterocycles. The van der Waals surface area contributed by atoms with Crippen LogP contribution in [0.2, 0.25) is 0 Å². The fourth-order valence-electron chi connectivity index (χ4n) is 2.41. The molecule has 0 N–H and O–H groups in total. The molecule has 1 saturated heterocycles. The zero-order chi connectivity index (χ0) is 16.8. The van der Waals surface area contributed by atoms with E-state index >= 15 is 0 Å². The van der Waals surface area contributed by atoms with Crippen molar-refractivity contribution in [3.05, 3.63) is 47.0 Å². The zero-order valence-corrected chi connectivity index (χ0v) is 14.6. The van der Waals surface area contributed by atoms with Crippen LogP contribution in [0.5, 0.6) is 6.01 Å². The minimum Gasteiger partial charge on any atom is -0.461 e. The standard InChI is InChI=1S/C16H17BrN4O3/c17-13-6-12(8-18-9-13)7-15(22)21-4-5-23-14(10-21)11-24-16-19-2-1-3-20-16/h1-3,6,8-9,14H,4-5,7,10-11H2. The predicted molar refractivity (Wildman–Crippen MR) is 89.5 cm³/mol. The molecule has 0 aromatic carbocycles. The molecule has 2 aromatic rings. The number of nitrogens with zero attached hydrogens (tertiary/aromatic N) is 4. The molecule has 1 atom stereocenters. The number of morpholine rings is 1. The third-order valence-corrected chi connectivity index (χ3v) is 3.98. The Hall–Kier alpha value is -2.06. The van der Waals surface area contributed by atoms with Gasteiger partial charge in [0, 0.05) is 35.8 Å². The maximum Gasteiger partial charge on any atom is 0.316 e. The number of amides is 1. The average Bonchev–Trinajstić information content (AvgIpc) is 2.61. The molecule has 3 rings (SSSR count). The molecular formula is C16H17BrN4O3. The van der Waals surface area contributed by atoms with Crippen LogP contribution < -0.4 is 4.74 Å². The van der Waals surface area contributed by atoms with E-state index in [-0.39, 0.29) is 12.0 Å². The Morgan fingerprint density at radius 1 is 1.38 bits per heavy atom. The van der Waals surface area contributed by atoms with Crippen molar-refractivity contribution >= 4 is 21.8 Å². The number of pyridine rings is 1. The first-order valence-corrected chi connectivity index (χ1v) is 8.38. The Labute approximate surface area is 148 Å². The van der Waals surface area contributed by atoms with Crippen molar-refractivity contribution in [3.8, 4) is 6.01 Å². The Bertz CT molecular complexity index is 686. The summed E-state index contributed by atoms with van der Waals surface area (Å²) in [4.78, 5) is 26.3. The van der Waals surface area contributed by atoms with Crippen molar-refractivity contribution in [2.75, 3.05) is 26.3 Å². The van der Waals surface area contributed by atoms with Gasteiger partial charge in [0.25, 0.3) is 0 Å². The van der Waals surface area contributed by atoms with Crippen LogP contribution in [0.4, 0.5) is 0 Å². The molecule has 0 bridgehead atoms. The molecule has 8 heteroatoms. The van der Waals surface area contributed by atoms with Gasteiger partial charge in [-0.25, -0.2) is 9.97 Å². The zero-order valence-electron chi connectivity index (χ0n) is 13.0. The Kier molecular flexibility index (Phi) is 5.71. The monoisotopic (exact) mass is 392 g/mol. The SMILES string of the molecule is O=C(Cc1cncc(Br)c1)N1CCOC(COc2ncccn2)C1. The number of halogens is 1. The van der Waals surface area contributed by atoms with Crippen LogP contribution in [0.15, 0.2) is 41.4 Å². The second-order valence-corrected chi connectivity index (χ2v) is 6.28. The second-order valence-electron chi connectivity index (χ2n) is 5.36. The number of carbonyl (C=O) groups is 1. The summed E-state index contributed by atoms with van der Waals surface area (Å²) in [6.45, 7) is 1.88. The first kappa shape index (κ1) is 16.8. The van der Waals surface area contributed by atoms with E-state index in [1.165, 1.54) is 0 Å². The lowest BCUT2D eigenvalue weighted by Crippen LogP contribution is -2.48. The summed E-state index contributed by atoms with van der Waals surface area (Å²) in [5, 5.41) is 0. The first-order chi connectivity index (χ1) is 11.7. The van der Waals surface area contributed by atoms with Crippen LogP contribution >= 0.6 is 15.9 Å². The van der Waals surface area contributed by atoms with E-state index in [1.807, 2.05) is 6.07 Å². The molecule has 7 nitrogen and oxygen atoms in total. The minimum absolute atomic E-state index is 0.0548. The lowest BCUT2D eigenvalue weighted by Gasteiger charge is -2.32. The molecule has 24 heavy (non-hydrogen) atoms. The van der Waals surface area contributed by atoms with Crippen molar-refractivity contribution < 1.29 is 14.3 Å². The van der Waals surface area contributed by atoms with Gasteiger partial charge in [0.15, 0.2) is 0 Å². The molecule has 3 heterocycles. The van der Waals surface area contributed by atoms with Gasteiger partial charge in [-0.15, -0.1) is 0 Å². The van der Waals surface area contributed by atoms with Crippen LogP contribution in [0, 0.1) is 0 Å². The van der Waals surface area contributed by atoms with Crippen LogP contribution in [-0.2, 0) is 16.0 Å². The molecule has 1 fully saturated rings. The summed E-state index contributed by atoms with van der Waals surface area (Å²) in [7, 11) is 0. The molecule has 0 aliphatic carbocycles. The molecule has 126 valence electrons. The Morgan fingerprint density at radius 2 is 2.21 bits per heavy atom. The van der Waals surface area contributed by atoms with E-state index in [0.29, 0.717) is 38.7 Å². The summed E-state index contributed by atoms with van der Waals surface area (Å²) < 4.78 is 12.0. The molecule has 1 unspecified atom stereocenters. The molecular weight excluding hydrogens is 376 g/mol. The number of hydrogen-bond acceptors (Lipinski definition) is 6. The topological polar surface area (TPSA) is 77.4 Å². The highest BCUT2D eigenvalue weighted by Crippen LogP contribution is 2.13. The van der Waals surface area contributed by atoms with Crippen molar-refractivity contribution in [2.24, 2.45) is 0 Å². The van der Waals surface area contributed by atoms with Gasteiger partial charge in [-0.1, -0.05) is 0 Å². The molecule has 1 amide bonds. The summed E-state index contributed by atoms with van der Waals surface area (Å²) in [5.41, 5.74) is 0.881. The van der Waals surface area contributed by atoms with Crippen LogP contribution in [0.1, 0.15) is 5.56 Å². The van der Waals surface area contributed by atoms with Gasteiger partial charge in [0.05, 0.1) is 19.6 Å². The van der Waals surface area contributed by atoms with Crippen molar-refractivity contribution in [3.63, 3.8) is 0 Å². The molecule has 0 radical (unpaired) electrons. The van der Waals surface area contributed by atoms with E-state index in [0.717, 1.165) is 10.0 Å². The van der Waals surface area contributed by atoms with Gasteiger partial charge in [-0.05, 0) is 33.6 Å². The smallest absolute Gasteiger partial charge is 0.316 e. The third kappa shape index (κ3) is 4.72. The van der Waals surface area contributed by atoms with E-state index in [1.54, 1.807) is 35.8 Å². The fraction of sp³-hybridized carbons (Fsp3) is 0.375. The van der Waals surface area contributed by atoms with Crippen molar-refractivity contribution in [2.45, 2.75) is 12.5 Å². The first-order valence-electron chi connectivity index (χ1n) is 7.59. The van der Waals surface area contributed by atoms with Gasteiger partial charge in [0.1, 0.15) is 12.7 Å². The van der Waals surface area contributed by atoms with E-state index < -0.39 is 0 Å². The highest BCUT2D eigenvalue weighted by Gasteiger charge is 2.25. The second kappa shape index (κ2) is 8.16. The minimum atomic E-state index is -0.188. The maximum atomic E-state index is 12.5. The van der Waals surface area contributed by atoms with Crippen LogP contribution in [0.3, 0.4) is 0 Å². The lowest BCUT2D eigenvalue weighted by molar-refractivity contribution is -0.139. The van der Waals surface area contributed by atoms with Gasteiger partial charge >= 0.3 is 6.01 Å². The molecule has 0 saturated carbocycles. The highest BCUT2D eigenvalue weighted by atomic mass is 79.9. The number of carbonyl (C=O) groups excluding carboxylic acids is 1. The van der Waals surface area contributed by atoms with E-state index in [2.05, 4.69) is 30.9 Å². The maximum absolute atomic E-state index is 12.5. The number of rotatable bonds is 5. The highest BCUT2D eigenvalue weighted by molar-refractivity contribution is 9.10. The molecule has 0 spiro atoms. The van der Waals surface area contributed by atoms with E-state index in [4.69, 9.17) is 9.47 Å².